The van der Waals surface area contributed by atoms with E-state index in [0.717, 1.165) is 32.7 Å². The summed E-state index contributed by atoms with van der Waals surface area (Å²) in [6.45, 7) is 6.12. The summed E-state index contributed by atoms with van der Waals surface area (Å²) in [5.41, 5.74) is 0. The van der Waals surface area contributed by atoms with Crippen LogP contribution in [0.3, 0.4) is 0 Å². The van der Waals surface area contributed by atoms with E-state index in [4.69, 9.17) is 4.74 Å². The summed E-state index contributed by atoms with van der Waals surface area (Å²) in [5, 5.41) is 0. The van der Waals surface area contributed by atoms with Crippen LogP contribution in [0.2, 0.25) is 6.82 Å². The number of morpholine rings is 1. The minimum absolute atomic E-state index is 0.911. The lowest BCUT2D eigenvalue weighted by Crippen LogP contribution is -2.38. The minimum Gasteiger partial charge on any atom is -0.379 e. The van der Waals surface area contributed by atoms with E-state index < -0.39 is 0 Å². The summed E-state index contributed by atoms with van der Waals surface area (Å²) in [7, 11) is 2.19. The Bertz CT molecular complexity index is 70.7. The standard InChI is InChI=1S/C6H13BNO/c1-7-6-8-2-4-9-5-3-8/h2-6H2,1H3. The molecule has 3 heteroatoms. The highest BCUT2D eigenvalue weighted by Gasteiger charge is 2.07. The van der Waals surface area contributed by atoms with Crippen molar-refractivity contribution in [2.45, 2.75) is 6.82 Å². The van der Waals surface area contributed by atoms with Crippen molar-refractivity contribution in [3.63, 3.8) is 0 Å². The van der Waals surface area contributed by atoms with E-state index in [-0.39, 0.29) is 0 Å². The normalized spacial score (nSPS) is 21.9. The van der Waals surface area contributed by atoms with Crippen molar-refractivity contribution in [3.05, 3.63) is 0 Å². The molecule has 0 spiro atoms. The predicted octanol–water partition coefficient (Wildman–Crippen LogP) is 0.0284. The molecule has 1 saturated heterocycles. The maximum absolute atomic E-state index is 5.19. The van der Waals surface area contributed by atoms with Crippen LogP contribution in [0.1, 0.15) is 0 Å². The third-order valence-electron chi connectivity index (χ3n) is 1.54. The van der Waals surface area contributed by atoms with Crippen LogP contribution in [-0.4, -0.2) is 44.9 Å². The Labute approximate surface area is 57.4 Å². The van der Waals surface area contributed by atoms with Gasteiger partial charge in [-0.05, 0) is 6.44 Å². The maximum Gasteiger partial charge on any atom is 0.125 e. The fourth-order valence-electron chi connectivity index (χ4n) is 1.04. The van der Waals surface area contributed by atoms with E-state index in [9.17, 15) is 0 Å². The molecule has 0 bridgehead atoms. The lowest BCUT2D eigenvalue weighted by Gasteiger charge is -2.25. The summed E-state index contributed by atoms with van der Waals surface area (Å²) in [6, 6.07) is 0. The average Bonchev–Trinajstić information content (AvgIpc) is 1.91. The monoisotopic (exact) mass is 126 g/mol. The molecule has 9 heavy (non-hydrogen) atoms. The summed E-state index contributed by atoms with van der Waals surface area (Å²) < 4.78 is 5.19. The van der Waals surface area contributed by atoms with Gasteiger partial charge >= 0.3 is 0 Å². The van der Waals surface area contributed by atoms with Crippen LogP contribution in [0.4, 0.5) is 0 Å². The first-order chi connectivity index (χ1) is 4.43. The van der Waals surface area contributed by atoms with Crippen molar-refractivity contribution in [2.75, 3.05) is 32.7 Å². The second kappa shape index (κ2) is 3.91. The number of rotatable bonds is 2. The Kier molecular flexibility index (Phi) is 3.08. The van der Waals surface area contributed by atoms with Gasteiger partial charge in [0.25, 0.3) is 0 Å². The van der Waals surface area contributed by atoms with Gasteiger partial charge in [0.05, 0.1) is 13.2 Å². The van der Waals surface area contributed by atoms with E-state index in [0.29, 0.717) is 0 Å². The molecule has 0 aromatic rings. The van der Waals surface area contributed by atoms with Crippen molar-refractivity contribution in [1.82, 2.24) is 4.90 Å². The molecule has 0 saturated carbocycles. The van der Waals surface area contributed by atoms with Crippen molar-refractivity contribution in [3.8, 4) is 0 Å². The van der Waals surface area contributed by atoms with Crippen LogP contribution in [0.15, 0.2) is 0 Å². The highest BCUT2D eigenvalue weighted by molar-refractivity contribution is 6.33. The lowest BCUT2D eigenvalue weighted by atomic mass is 9.82. The van der Waals surface area contributed by atoms with E-state index in [1.54, 1.807) is 0 Å². The Morgan fingerprint density at radius 1 is 1.44 bits per heavy atom. The summed E-state index contributed by atoms with van der Waals surface area (Å²) in [6.07, 6.45) is 1.11. The van der Waals surface area contributed by atoms with E-state index in [1.807, 2.05) is 0 Å². The zero-order valence-corrected chi connectivity index (χ0v) is 5.97. The molecule has 0 aliphatic carbocycles. The first-order valence-electron chi connectivity index (χ1n) is 3.51. The zero-order chi connectivity index (χ0) is 6.53. The summed E-state index contributed by atoms with van der Waals surface area (Å²) in [4.78, 5) is 2.39. The molecule has 0 aromatic heterocycles. The van der Waals surface area contributed by atoms with Crippen molar-refractivity contribution in [2.24, 2.45) is 0 Å². The van der Waals surface area contributed by atoms with Crippen LogP contribution in [0.5, 0.6) is 0 Å². The fraction of sp³-hybridized carbons (Fsp3) is 1.00. The molecule has 1 aliphatic heterocycles. The first-order valence-corrected chi connectivity index (χ1v) is 3.51. The molecule has 0 aromatic carbocycles. The van der Waals surface area contributed by atoms with Gasteiger partial charge in [-0.2, -0.15) is 0 Å². The molecule has 0 amide bonds. The zero-order valence-electron chi connectivity index (χ0n) is 5.97. The van der Waals surface area contributed by atoms with Crippen molar-refractivity contribution >= 4 is 7.28 Å². The molecule has 0 N–H and O–H groups in total. The van der Waals surface area contributed by atoms with Gasteiger partial charge in [-0.25, -0.2) is 0 Å². The molecule has 1 rings (SSSR count). The van der Waals surface area contributed by atoms with Gasteiger partial charge < -0.3 is 9.64 Å². The Balaban J connectivity index is 2.08. The number of hydrogen-bond donors (Lipinski definition) is 0. The van der Waals surface area contributed by atoms with Crippen molar-refractivity contribution in [1.29, 1.82) is 0 Å². The minimum atomic E-state index is 0.911. The number of ether oxygens (including phenoxy) is 1. The second-order valence-corrected chi connectivity index (χ2v) is 2.32. The molecule has 1 radical (unpaired) electrons. The SMILES string of the molecule is C[B]CN1CCOCC1. The van der Waals surface area contributed by atoms with E-state index in [2.05, 4.69) is 19.0 Å². The van der Waals surface area contributed by atoms with Gasteiger partial charge in [0.1, 0.15) is 7.28 Å². The quantitative estimate of drug-likeness (QED) is 0.484. The van der Waals surface area contributed by atoms with E-state index >= 15 is 0 Å². The first kappa shape index (κ1) is 7.10. The third kappa shape index (κ3) is 2.37. The molecular formula is C6H13BNO. The third-order valence-corrected chi connectivity index (χ3v) is 1.54. The Hall–Kier alpha value is -0.0151. The van der Waals surface area contributed by atoms with Gasteiger partial charge in [-0.1, -0.05) is 6.82 Å². The molecular weight excluding hydrogens is 113 g/mol. The summed E-state index contributed by atoms with van der Waals surface area (Å²) >= 11 is 0. The maximum atomic E-state index is 5.19. The molecule has 1 fully saturated rings. The number of hydrogen-bond acceptors (Lipinski definition) is 2. The summed E-state index contributed by atoms with van der Waals surface area (Å²) in [5.74, 6) is 0. The molecule has 1 aliphatic rings. The largest absolute Gasteiger partial charge is 0.379 e. The average molecular weight is 126 g/mol. The molecule has 51 valence electrons. The Morgan fingerprint density at radius 3 is 2.67 bits per heavy atom. The fourth-order valence-corrected chi connectivity index (χ4v) is 1.04. The molecule has 2 nitrogen and oxygen atoms in total. The van der Waals surface area contributed by atoms with Crippen LogP contribution < -0.4 is 0 Å². The molecule has 1 heterocycles. The highest BCUT2D eigenvalue weighted by atomic mass is 16.5. The predicted molar refractivity (Wildman–Crippen MR) is 38.9 cm³/mol. The Morgan fingerprint density at radius 2 is 2.11 bits per heavy atom. The van der Waals surface area contributed by atoms with Gasteiger partial charge in [-0.3, -0.25) is 0 Å². The van der Waals surface area contributed by atoms with Crippen molar-refractivity contribution < 1.29 is 4.74 Å². The van der Waals surface area contributed by atoms with E-state index in [1.165, 1.54) is 0 Å². The van der Waals surface area contributed by atoms with Gasteiger partial charge in [0.15, 0.2) is 0 Å². The number of nitrogens with zero attached hydrogens (tertiary/aromatic N) is 1. The topological polar surface area (TPSA) is 12.5 Å². The highest BCUT2D eigenvalue weighted by Crippen LogP contribution is 1.93. The van der Waals surface area contributed by atoms with Gasteiger partial charge in [-0.15, -0.1) is 0 Å². The van der Waals surface area contributed by atoms with Crippen LogP contribution in [-0.2, 0) is 4.74 Å². The molecule has 0 unspecified atom stereocenters. The lowest BCUT2D eigenvalue weighted by molar-refractivity contribution is 0.0463. The second-order valence-electron chi connectivity index (χ2n) is 2.32. The smallest absolute Gasteiger partial charge is 0.125 e. The van der Waals surface area contributed by atoms with Gasteiger partial charge in [0, 0.05) is 13.1 Å². The van der Waals surface area contributed by atoms with Crippen LogP contribution in [0.25, 0.3) is 0 Å². The molecule has 0 atom stereocenters. The van der Waals surface area contributed by atoms with Crippen LogP contribution in [0, 0.1) is 0 Å². The van der Waals surface area contributed by atoms with Gasteiger partial charge in [0.2, 0.25) is 0 Å². The van der Waals surface area contributed by atoms with Crippen LogP contribution >= 0.6 is 0 Å².